The van der Waals surface area contributed by atoms with Crippen LogP contribution in [0.25, 0.3) is 0 Å². The normalized spacial score (nSPS) is 9.56. The molecule has 3 N–H and O–H groups in total. The van der Waals surface area contributed by atoms with Crippen molar-refractivity contribution in [2.24, 2.45) is 0 Å². The van der Waals surface area contributed by atoms with Gasteiger partial charge in [0.05, 0.1) is 16.7 Å². The lowest BCUT2D eigenvalue weighted by atomic mass is 10.0. The van der Waals surface area contributed by atoms with E-state index in [1.54, 1.807) is 0 Å². The van der Waals surface area contributed by atoms with Crippen molar-refractivity contribution in [3.63, 3.8) is 0 Å². The Bertz CT molecular complexity index is 431. The lowest BCUT2D eigenvalue weighted by molar-refractivity contribution is -0.182. The molecule has 1 aromatic rings. The number of carbonyl (C=O) groups excluding carboxylic acids is 1. The molecule has 7 heteroatoms. The van der Waals surface area contributed by atoms with E-state index in [0.717, 1.165) is 12.1 Å². The van der Waals surface area contributed by atoms with Crippen LogP contribution in [0.1, 0.15) is 31.1 Å². The van der Waals surface area contributed by atoms with Gasteiger partial charge in [0.25, 0.3) is 0 Å². The number of carboxylic acid groups (broad SMARTS) is 2. The zero-order valence-corrected chi connectivity index (χ0v) is 7.71. The summed E-state index contributed by atoms with van der Waals surface area (Å²) in [5.41, 5.74) is -1.82. The third-order valence-corrected chi connectivity index (χ3v) is 1.81. The van der Waals surface area contributed by atoms with Gasteiger partial charge in [0.1, 0.15) is 0 Å². The third kappa shape index (κ3) is 1.98. The first-order chi connectivity index (χ1) is 7.49. The van der Waals surface area contributed by atoms with E-state index >= 15 is 0 Å². The molecule has 7 nitrogen and oxygen atoms in total. The van der Waals surface area contributed by atoms with Crippen LogP contribution in [0, 0.1) is 0 Å². The molecule has 0 aliphatic heterocycles. The Labute approximate surface area is 88.4 Å². The molecule has 1 rings (SSSR count). The predicted octanol–water partition coefficient (Wildman–Crippen LogP) is 0.713. The maximum absolute atomic E-state index is 11.1. The highest BCUT2D eigenvalue weighted by Gasteiger charge is 2.25. The Hall–Kier alpha value is -2.41. The molecule has 0 aromatic heterocycles. The van der Waals surface area contributed by atoms with Crippen LogP contribution in [0.15, 0.2) is 18.2 Å². The van der Waals surface area contributed by atoms with E-state index in [1.807, 2.05) is 0 Å². The van der Waals surface area contributed by atoms with Gasteiger partial charge < -0.3 is 10.2 Å². The SMILES string of the molecule is O=C(O)c1cccc(C(=O)O)c1C(=O)OO. The Balaban J connectivity index is 3.53. The van der Waals surface area contributed by atoms with Crippen molar-refractivity contribution >= 4 is 17.9 Å². The maximum atomic E-state index is 11.1. The zero-order chi connectivity index (χ0) is 12.3. The molecule has 84 valence electrons. The molecule has 0 saturated heterocycles. The number of carboxylic acids is 2. The number of hydrogen-bond acceptors (Lipinski definition) is 5. The molecule has 0 amide bonds. The molecule has 0 aliphatic carbocycles. The molecule has 0 saturated carbocycles. The van der Waals surface area contributed by atoms with Gasteiger partial charge in [0, 0.05) is 0 Å². The van der Waals surface area contributed by atoms with Gasteiger partial charge in [0.15, 0.2) is 0 Å². The molecule has 0 aliphatic rings. The molecule has 0 atom stereocenters. The molecule has 16 heavy (non-hydrogen) atoms. The second-order valence-corrected chi connectivity index (χ2v) is 2.72. The molecule has 1 aromatic carbocycles. The van der Waals surface area contributed by atoms with Crippen LogP contribution in [-0.4, -0.2) is 33.4 Å². The number of carbonyl (C=O) groups is 3. The van der Waals surface area contributed by atoms with E-state index in [0.29, 0.717) is 0 Å². The Morgan fingerprint density at radius 1 is 1.00 bits per heavy atom. The van der Waals surface area contributed by atoms with Crippen molar-refractivity contribution in [3.05, 3.63) is 34.9 Å². The second kappa shape index (κ2) is 4.41. The fourth-order valence-corrected chi connectivity index (χ4v) is 1.17. The number of hydrogen-bond donors (Lipinski definition) is 3. The van der Waals surface area contributed by atoms with Crippen molar-refractivity contribution in [1.82, 2.24) is 0 Å². The molecule has 0 heterocycles. The monoisotopic (exact) mass is 226 g/mol. The second-order valence-electron chi connectivity index (χ2n) is 2.72. The first-order valence-corrected chi connectivity index (χ1v) is 3.94. The summed E-state index contributed by atoms with van der Waals surface area (Å²) in [6.07, 6.45) is 0. The molecular weight excluding hydrogens is 220 g/mol. The van der Waals surface area contributed by atoms with Crippen molar-refractivity contribution in [3.8, 4) is 0 Å². The quantitative estimate of drug-likeness (QED) is 0.512. The smallest absolute Gasteiger partial charge is 0.374 e. The van der Waals surface area contributed by atoms with Crippen LogP contribution in [0.5, 0.6) is 0 Å². The van der Waals surface area contributed by atoms with E-state index < -0.39 is 34.6 Å². The van der Waals surface area contributed by atoms with Crippen molar-refractivity contribution in [2.75, 3.05) is 0 Å². The first-order valence-electron chi connectivity index (χ1n) is 3.94. The molecule has 0 fully saturated rings. The van der Waals surface area contributed by atoms with E-state index in [-0.39, 0.29) is 0 Å². The summed E-state index contributed by atoms with van der Waals surface area (Å²) < 4.78 is 0. The van der Waals surface area contributed by atoms with Crippen LogP contribution >= 0.6 is 0 Å². The minimum atomic E-state index is -1.50. The number of aromatic carboxylic acids is 2. The molecule has 0 spiro atoms. The third-order valence-electron chi connectivity index (χ3n) is 1.81. The Kier molecular flexibility index (Phi) is 3.21. The molecule has 0 radical (unpaired) electrons. The first kappa shape index (κ1) is 11.7. The average molecular weight is 226 g/mol. The van der Waals surface area contributed by atoms with Crippen LogP contribution in [0.4, 0.5) is 0 Å². The van der Waals surface area contributed by atoms with Crippen LogP contribution in [-0.2, 0) is 4.89 Å². The fraction of sp³-hybridized carbons (Fsp3) is 0. The standard InChI is InChI=1S/C9H6O7/c10-7(11)4-2-1-3-5(8(12)13)6(4)9(14)16-15/h1-3,15H,(H,10,11)(H,12,13). The maximum Gasteiger partial charge on any atom is 0.374 e. The lowest BCUT2D eigenvalue weighted by Gasteiger charge is -2.05. The minimum absolute atomic E-state index is 0.557. The topological polar surface area (TPSA) is 121 Å². The van der Waals surface area contributed by atoms with E-state index in [9.17, 15) is 14.4 Å². The average Bonchev–Trinajstić information content (AvgIpc) is 2.26. The summed E-state index contributed by atoms with van der Waals surface area (Å²) in [5, 5.41) is 25.6. The molecule has 0 unspecified atom stereocenters. The molecular formula is C9H6O7. The van der Waals surface area contributed by atoms with Gasteiger partial charge in [-0.05, 0) is 12.1 Å². The predicted molar refractivity (Wildman–Crippen MR) is 48.4 cm³/mol. The van der Waals surface area contributed by atoms with Gasteiger partial charge >= 0.3 is 17.9 Å². The van der Waals surface area contributed by atoms with Crippen molar-refractivity contribution in [2.45, 2.75) is 0 Å². The van der Waals surface area contributed by atoms with E-state index in [1.165, 1.54) is 6.07 Å². The minimum Gasteiger partial charge on any atom is -0.478 e. The van der Waals surface area contributed by atoms with Gasteiger partial charge in [-0.15, -0.1) is 0 Å². The van der Waals surface area contributed by atoms with Crippen LogP contribution in [0.3, 0.4) is 0 Å². The lowest BCUT2D eigenvalue weighted by Crippen LogP contribution is -2.16. The summed E-state index contributed by atoms with van der Waals surface area (Å²) in [4.78, 5) is 35.9. The Morgan fingerprint density at radius 3 is 1.75 bits per heavy atom. The van der Waals surface area contributed by atoms with E-state index in [2.05, 4.69) is 4.89 Å². The highest BCUT2D eigenvalue weighted by Crippen LogP contribution is 2.16. The summed E-state index contributed by atoms with van der Waals surface area (Å²) in [6, 6.07) is 3.23. The largest absolute Gasteiger partial charge is 0.478 e. The highest BCUT2D eigenvalue weighted by atomic mass is 17.1. The summed E-state index contributed by atoms with van der Waals surface area (Å²) in [7, 11) is 0. The Morgan fingerprint density at radius 2 is 1.44 bits per heavy atom. The number of benzene rings is 1. The summed E-state index contributed by atoms with van der Waals surface area (Å²) in [5.74, 6) is -4.43. The van der Waals surface area contributed by atoms with Crippen LogP contribution in [0.2, 0.25) is 0 Å². The van der Waals surface area contributed by atoms with Gasteiger partial charge in [-0.2, -0.15) is 5.26 Å². The van der Waals surface area contributed by atoms with Crippen molar-refractivity contribution in [1.29, 1.82) is 0 Å². The summed E-state index contributed by atoms with van der Waals surface area (Å²) >= 11 is 0. The fourth-order valence-electron chi connectivity index (χ4n) is 1.17. The van der Waals surface area contributed by atoms with Crippen molar-refractivity contribution < 1.29 is 34.7 Å². The van der Waals surface area contributed by atoms with Gasteiger partial charge in [-0.3, -0.25) is 4.89 Å². The van der Waals surface area contributed by atoms with Gasteiger partial charge in [0.2, 0.25) is 0 Å². The number of rotatable bonds is 3. The van der Waals surface area contributed by atoms with E-state index in [4.69, 9.17) is 15.5 Å². The highest BCUT2D eigenvalue weighted by molar-refractivity contribution is 6.09. The molecule has 0 bridgehead atoms. The summed E-state index contributed by atoms with van der Waals surface area (Å²) in [6.45, 7) is 0. The van der Waals surface area contributed by atoms with Gasteiger partial charge in [-0.1, -0.05) is 6.07 Å². The van der Waals surface area contributed by atoms with Crippen LogP contribution < -0.4 is 0 Å². The van der Waals surface area contributed by atoms with Gasteiger partial charge in [-0.25, -0.2) is 14.4 Å². The zero-order valence-electron chi connectivity index (χ0n) is 7.71.